The molecule has 3 atom stereocenters. The molecular formula is C14H26N2O2S. The quantitative estimate of drug-likeness (QED) is 0.804. The van der Waals surface area contributed by atoms with E-state index in [-0.39, 0.29) is 18.1 Å². The van der Waals surface area contributed by atoms with Crippen LogP contribution in [0.1, 0.15) is 45.4 Å². The van der Waals surface area contributed by atoms with Crippen molar-refractivity contribution in [1.82, 2.24) is 10.2 Å². The zero-order valence-corrected chi connectivity index (χ0v) is 12.9. The number of hydrogen-bond donors (Lipinski definition) is 1. The second kappa shape index (κ2) is 6.84. The third kappa shape index (κ3) is 3.57. The van der Waals surface area contributed by atoms with Crippen molar-refractivity contribution in [2.24, 2.45) is 5.92 Å². The molecule has 1 heterocycles. The summed E-state index contributed by atoms with van der Waals surface area (Å²) in [5.41, 5.74) is 0. The van der Waals surface area contributed by atoms with Gasteiger partial charge in [-0.15, -0.1) is 0 Å². The molecule has 0 radical (unpaired) electrons. The van der Waals surface area contributed by atoms with Crippen LogP contribution < -0.4 is 5.32 Å². The summed E-state index contributed by atoms with van der Waals surface area (Å²) in [6.45, 7) is 2.75. The van der Waals surface area contributed by atoms with E-state index in [4.69, 9.17) is 0 Å². The van der Waals surface area contributed by atoms with Crippen LogP contribution in [0.3, 0.4) is 0 Å². The first-order valence-electron chi connectivity index (χ1n) is 7.50. The largest absolute Gasteiger partial charge is 0.325 e. The van der Waals surface area contributed by atoms with Crippen LogP contribution in [0.15, 0.2) is 0 Å². The molecule has 2 rings (SSSR count). The molecule has 4 nitrogen and oxygen atoms in total. The Morgan fingerprint density at radius 3 is 2.63 bits per heavy atom. The van der Waals surface area contributed by atoms with Crippen LogP contribution in [0, 0.1) is 5.92 Å². The minimum Gasteiger partial charge on any atom is -0.325 e. The standard InChI is InChI=1S/C14H26N2O2S/c1-3-6-12-14(17)16(9-10-19(2)18)13(15-12)11-7-4-5-8-11/h11-13,15H,3-10H2,1-2H3. The topological polar surface area (TPSA) is 49.4 Å². The first kappa shape index (κ1) is 15.0. The first-order valence-corrected chi connectivity index (χ1v) is 9.22. The molecule has 1 saturated carbocycles. The van der Waals surface area contributed by atoms with Gasteiger partial charge in [-0.1, -0.05) is 26.2 Å². The van der Waals surface area contributed by atoms with Gasteiger partial charge in [0.2, 0.25) is 5.91 Å². The van der Waals surface area contributed by atoms with Crippen molar-refractivity contribution >= 4 is 16.7 Å². The summed E-state index contributed by atoms with van der Waals surface area (Å²) in [5, 5.41) is 3.53. The van der Waals surface area contributed by atoms with E-state index in [1.807, 2.05) is 4.90 Å². The maximum atomic E-state index is 12.4. The van der Waals surface area contributed by atoms with E-state index in [9.17, 15) is 9.00 Å². The number of nitrogens with zero attached hydrogens (tertiary/aromatic N) is 1. The van der Waals surface area contributed by atoms with Crippen LogP contribution in [0.2, 0.25) is 0 Å². The fourth-order valence-corrected chi connectivity index (χ4v) is 3.79. The van der Waals surface area contributed by atoms with E-state index < -0.39 is 10.8 Å². The summed E-state index contributed by atoms with van der Waals surface area (Å²) in [5.74, 6) is 1.41. The molecule has 1 N–H and O–H groups in total. The highest BCUT2D eigenvalue weighted by Gasteiger charge is 2.42. The second-order valence-electron chi connectivity index (χ2n) is 5.81. The molecule has 0 spiro atoms. The highest BCUT2D eigenvalue weighted by molar-refractivity contribution is 7.84. The third-order valence-electron chi connectivity index (χ3n) is 4.33. The molecule has 1 aliphatic heterocycles. The molecular weight excluding hydrogens is 260 g/mol. The van der Waals surface area contributed by atoms with Crippen LogP contribution in [0.25, 0.3) is 0 Å². The molecule has 2 fully saturated rings. The van der Waals surface area contributed by atoms with Gasteiger partial charge in [0.15, 0.2) is 0 Å². The molecule has 0 aromatic heterocycles. The van der Waals surface area contributed by atoms with E-state index in [1.165, 1.54) is 25.7 Å². The average Bonchev–Trinajstić information content (AvgIpc) is 2.97. The molecule has 0 bridgehead atoms. The fourth-order valence-electron chi connectivity index (χ4n) is 3.34. The molecule has 0 aromatic carbocycles. The normalized spacial score (nSPS) is 30.2. The van der Waals surface area contributed by atoms with Crippen molar-refractivity contribution < 1.29 is 9.00 Å². The Balaban J connectivity index is 2.04. The van der Waals surface area contributed by atoms with E-state index >= 15 is 0 Å². The molecule has 1 saturated heterocycles. The molecule has 1 amide bonds. The minimum atomic E-state index is -0.830. The molecule has 2 aliphatic rings. The molecule has 5 heteroatoms. The summed E-state index contributed by atoms with van der Waals surface area (Å²) < 4.78 is 11.3. The summed E-state index contributed by atoms with van der Waals surface area (Å²) >= 11 is 0. The zero-order valence-electron chi connectivity index (χ0n) is 12.1. The first-order chi connectivity index (χ1) is 9.13. The van der Waals surface area contributed by atoms with E-state index in [2.05, 4.69) is 12.2 Å². The lowest BCUT2D eigenvalue weighted by atomic mass is 10.0. The Hall–Kier alpha value is -0.420. The second-order valence-corrected chi connectivity index (χ2v) is 7.36. The molecule has 3 unspecified atom stereocenters. The van der Waals surface area contributed by atoms with Crippen molar-refractivity contribution in [2.75, 3.05) is 18.6 Å². The number of hydrogen-bond acceptors (Lipinski definition) is 3. The Morgan fingerprint density at radius 2 is 2.05 bits per heavy atom. The van der Waals surface area contributed by atoms with Gasteiger partial charge in [0, 0.05) is 29.4 Å². The van der Waals surface area contributed by atoms with Gasteiger partial charge in [-0.2, -0.15) is 0 Å². The van der Waals surface area contributed by atoms with Crippen molar-refractivity contribution in [3.8, 4) is 0 Å². The van der Waals surface area contributed by atoms with Gasteiger partial charge < -0.3 is 4.90 Å². The summed E-state index contributed by atoms with van der Waals surface area (Å²) in [6.07, 6.45) is 8.83. The number of rotatable bonds is 6. The van der Waals surface area contributed by atoms with Gasteiger partial charge in [0.1, 0.15) is 0 Å². The SMILES string of the molecule is CCCC1NC(C2CCCC2)N(CCS(C)=O)C1=O. The number of carbonyl (C=O) groups excluding carboxylic acids is 1. The fraction of sp³-hybridized carbons (Fsp3) is 0.929. The van der Waals surface area contributed by atoms with Crippen LogP contribution in [0.5, 0.6) is 0 Å². The monoisotopic (exact) mass is 286 g/mol. The molecule has 19 heavy (non-hydrogen) atoms. The minimum absolute atomic E-state index is 0.0131. The Bertz CT molecular complexity index is 342. The highest BCUT2D eigenvalue weighted by atomic mass is 32.2. The number of amides is 1. The Morgan fingerprint density at radius 1 is 1.37 bits per heavy atom. The molecule has 110 valence electrons. The van der Waals surface area contributed by atoms with Crippen LogP contribution >= 0.6 is 0 Å². The Kier molecular flexibility index (Phi) is 5.39. The van der Waals surface area contributed by atoms with Crippen molar-refractivity contribution in [3.05, 3.63) is 0 Å². The van der Waals surface area contributed by atoms with Crippen molar-refractivity contribution in [2.45, 2.75) is 57.7 Å². The number of carbonyl (C=O) groups is 1. The predicted molar refractivity (Wildman–Crippen MR) is 78.2 cm³/mol. The summed E-state index contributed by atoms with van der Waals surface area (Å²) in [6, 6.07) is -0.0131. The number of nitrogens with one attached hydrogen (secondary N) is 1. The van der Waals surface area contributed by atoms with Crippen molar-refractivity contribution in [1.29, 1.82) is 0 Å². The van der Waals surface area contributed by atoms with Gasteiger partial charge in [-0.25, -0.2) is 0 Å². The Labute approximate surface area is 118 Å². The average molecular weight is 286 g/mol. The van der Waals surface area contributed by atoms with Crippen LogP contribution in [-0.2, 0) is 15.6 Å². The maximum absolute atomic E-state index is 12.4. The molecule has 1 aliphatic carbocycles. The van der Waals surface area contributed by atoms with E-state index in [1.54, 1.807) is 6.26 Å². The highest BCUT2D eigenvalue weighted by Crippen LogP contribution is 2.32. The van der Waals surface area contributed by atoms with Gasteiger partial charge in [-0.05, 0) is 25.2 Å². The zero-order chi connectivity index (χ0) is 13.8. The predicted octanol–water partition coefficient (Wildman–Crippen LogP) is 1.48. The van der Waals surface area contributed by atoms with Crippen molar-refractivity contribution in [3.63, 3.8) is 0 Å². The maximum Gasteiger partial charge on any atom is 0.241 e. The lowest BCUT2D eigenvalue weighted by molar-refractivity contribution is -0.130. The smallest absolute Gasteiger partial charge is 0.241 e. The third-order valence-corrected chi connectivity index (χ3v) is 5.09. The van der Waals surface area contributed by atoms with Gasteiger partial charge in [-0.3, -0.25) is 14.3 Å². The van der Waals surface area contributed by atoms with Gasteiger partial charge >= 0.3 is 0 Å². The summed E-state index contributed by atoms with van der Waals surface area (Å²) in [4.78, 5) is 14.4. The van der Waals surface area contributed by atoms with E-state index in [0.29, 0.717) is 18.2 Å². The van der Waals surface area contributed by atoms with Crippen LogP contribution in [0.4, 0.5) is 0 Å². The van der Waals surface area contributed by atoms with Gasteiger partial charge in [0.25, 0.3) is 0 Å². The van der Waals surface area contributed by atoms with E-state index in [0.717, 1.165) is 12.8 Å². The lowest BCUT2D eigenvalue weighted by Crippen LogP contribution is -2.44. The summed E-state index contributed by atoms with van der Waals surface area (Å²) in [7, 11) is -0.830. The molecule has 0 aromatic rings. The lowest BCUT2D eigenvalue weighted by Gasteiger charge is -2.28. The van der Waals surface area contributed by atoms with Crippen LogP contribution in [-0.4, -0.2) is 45.8 Å². The van der Waals surface area contributed by atoms with Gasteiger partial charge in [0.05, 0.1) is 12.2 Å².